The second-order valence-corrected chi connectivity index (χ2v) is 9.73. The lowest BCUT2D eigenvalue weighted by atomic mass is 9.46. The van der Waals surface area contributed by atoms with Crippen LogP contribution in [0.4, 0.5) is 0 Å². The van der Waals surface area contributed by atoms with Gasteiger partial charge in [0, 0.05) is 25.9 Å². The van der Waals surface area contributed by atoms with Gasteiger partial charge < -0.3 is 19.3 Å². The molecule has 4 rings (SSSR count). The summed E-state index contributed by atoms with van der Waals surface area (Å²) in [5.41, 5.74) is 0.112. The van der Waals surface area contributed by atoms with E-state index in [0.29, 0.717) is 23.7 Å². The highest BCUT2D eigenvalue weighted by atomic mass is 16.7. The molecule has 148 valence electrons. The van der Waals surface area contributed by atoms with E-state index in [0.717, 1.165) is 45.1 Å². The van der Waals surface area contributed by atoms with Crippen LogP contribution < -0.4 is 0 Å². The van der Waals surface area contributed by atoms with Gasteiger partial charge in [-0.05, 0) is 61.2 Å². The Hall–Kier alpha value is -0.650. The highest BCUT2D eigenvalue weighted by Crippen LogP contribution is 2.65. The summed E-state index contributed by atoms with van der Waals surface area (Å²) in [6, 6.07) is 0. The minimum Gasteiger partial charge on any atom is -0.462 e. The fraction of sp³-hybridized carbons (Fsp3) is 0.952. The van der Waals surface area contributed by atoms with Crippen LogP contribution in [-0.2, 0) is 19.0 Å². The fourth-order valence-corrected chi connectivity index (χ4v) is 7.19. The minimum absolute atomic E-state index is 0.00159. The number of carbonyl (C=O) groups is 1. The Balaban J connectivity index is 1.60. The molecular weight excluding hydrogens is 332 g/mol. The van der Waals surface area contributed by atoms with Crippen LogP contribution >= 0.6 is 0 Å². The number of ether oxygens (including phenoxy) is 3. The molecule has 0 amide bonds. The summed E-state index contributed by atoms with van der Waals surface area (Å²) in [4.78, 5) is 11.6. The standard InChI is InChI=1S/C21H34O5/c1-12(22)26-17-6-5-14-19-15(7-8-20(14,17)2)21(3)11-25-18(24-4)10-13(21)9-16(19)23/h13-19,23H,5-11H2,1-4H3/t13?,14?,15?,16-,17-,18-,19?,20-,21-/m0/s1. The Morgan fingerprint density at radius 3 is 2.54 bits per heavy atom. The van der Waals surface area contributed by atoms with Crippen LogP contribution in [0.25, 0.3) is 0 Å². The molecule has 1 heterocycles. The number of carbonyl (C=O) groups excluding carboxylic acids is 1. The molecule has 3 saturated carbocycles. The Kier molecular flexibility index (Phi) is 4.64. The maximum atomic E-state index is 11.6. The lowest BCUT2D eigenvalue weighted by Crippen LogP contribution is -2.60. The number of esters is 1. The topological polar surface area (TPSA) is 65.0 Å². The second kappa shape index (κ2) is 6.46. The van der Waals surface area contributed by atoms with Gasteiger partial charge in [-0.2, -0.15) is 0 Å². The van der Waals surface area contributed by atoms with Gasteiger partial charge in [-0.1, -0.05) is 13.8 Å². The number of methoxy groups -OCH3 is 1. The van der Waals surface area contributed by atoms with E-state index in [-0.39, 0.29) is 35.3 Å². The van der Waals surface area contributed by atoms with Crippen molar-refractivity contribution in [2.45, 2.75) is 77.8 Å². The molecule has 4 fully saturated rings. The fourth-order valence-electron chi connectivity index (χ4n) is 7.19. The van der Waals surface area contributed by atoms with Crippen molar-refractivity contribution in [2.75, 3.05) is 13.7 Å². The normalized spacial score (nSPS) is 53.3. The van der Waals surface area contributed by atoms with Gasteiger partial charge in [0.25, 0.3) is 0 Å². The maximum Gasteiger partial charge on any atom is 0.302 e. The molecule has 4 aliphatic rings. The van der Waals surface area contributed by atoms with Crippen molar-refractivity contribution in [3.8, 4) is 0 Å². The monoisotopic (exact) mass is 366 g/mol. The van der Waals surface area contributed by atoms with E-state index in [1.165, 1.54) is 6.92 Å². The molecule has 0 radical (unpaired) electrons. The lowest BCUT2D eigenvalue weighted by molar-refractivity contribution is -0.252. The first-order chi connectivity index (χ1) is 12.3. The van der Waals surface area contributed by atoms with E-state index in [2.05, 4.69) is 13.8 Å². The van der Waals surface area contributed by atoms with E-state index >= 15 is 0 Å². The number of hydrogen-bond donors (Lipinski definition) is 1. The van der Waals surface area contributed by atoms with E-state index in [9.17, 15) is 9.90 Å². The van der Waals surface area contributed by atoms with Crippen molar-refractivity contribution >= 4 is 5.97 Å². The van der Waals surface area contributed by atoms with Crippen molar-refractivity contribution in [3.05, 3.63) is 0 Å². The van der Waals surface area contributed by atoms with Crippen molar-refractivity contribution in [3.63, 3.8) is 0 Å². The first kappa shape index (κ1) is 18.7. The highest BCUT2D eigenvalue weighted by molar-refractivity contribution is 5.66. The van der Waals surface area contributed by atoms with Crippen molar-refractivity contribution < 1.29 is 24.1 Å². The average Bonchev–Trinajstić information content (AvgIpc) is 2.91. The number of aliphatic hydroxyl groups excluding tert-OH is 1. The molecule has 4 unspecified atom stereocenters. The molecule has 0 aromatic rings. The zero-order chi connectivity index (χ0) is 18.7. The van der Waals surface area contributed by atoms with Crippen LogP contribution in [-0.4, -0.2) is 43.3 Å². The molecule has 9 atom stereocenters. The summed E-state index contributed by atoms with van der Waals surface area (Å²) in [6.45, 7) is 6.89. The van der Waals surface area contributed by atoms with Crippen LogP contribution in [0.3, 0.4) is 0 Å². The minimum atomic E-state index is -0.269. The van der Waals surface area contributed by atoms with Crippen LogP contribution in [0.15, 0.2) is 0 Å². The molecule has 0 aromatic heterocycles. The summed E-state index contributed by atoms with van der Waals surface area (Å²) in [5.74, 6) is 1.47. The zero-order valence-corrected chi connectivity index (χ0v) is 16.6. The summed E-state index contributed by atoms with van der Waals surface area (Å²) >= 11 is 0. The van der Waals surface area contributed by atoms with Crippen LogP contribution in [0.2, 0.25) is 0 Å². The summed E-state index contributed by atoms with van der Waals surface area (Å²) in [6.07, 6.45) is 5.45. The predicted octanol–water partition coefficient (Wildman–Crippen LogP) is 3.14. The molecule has 26 heavy (non-hydrogen) atoms. The lowest BCUT2D eigenvalue weighted by Gasteiger charge is -2.61. The molecule has 0 bridgehead atoms. The molecule has 3 aliphatic carbocycles. The van der Waals surface area contributed by atoms with E-state index < -0.39 is 0 Å². The quantitative estimate of drug-likeness (QED) is 0.761. The van der Waals surface area contributed by atoms with Gasteiger partial charge >= 0.3 is 5.97 Å². The third-order valence-corrected chi connectivity index (χ3v) is 8.62. The summed E-state index contributed by atoms with van der Waals surface area (Å²) in [5, 5.41) is 11.2. The van der Waals surface area contributed by atoms with Gasteiger partial charge in [-0.3, -0.25) is 4.79 Å². The van der Waals surface area contributed by atoms with Gasteiger partial charge in [0.05, 0.1) is 12.7 Å². The Morgan fingerprint density at radius 2 is 1.85 bits per heavy atom. The molecular formula is C21H34O5. The largest absolute Gasteiger partial charge is 0.462 e. The van der Waals surface area contributed by atoms with Gasteiger partial charge in [0.15, 0.2) is 6.29 Å². The van der Waals surface area contributed by atoms with Crippen molar-refractivity contribution in [1.29, 1.82) is 0 Å². The third kappa shape index (κ3) is 2.65. The van der Waals surface area contributed by atoms with Gasteiger partial charge in [-0.25, -0.2) is 0 Å². The summed E-state index contributed by atoms with van der Waals surface area (Å²) < 4.78 is 17.2. The van der Waals surface area contributed by atoms with E-state index in [1.807, 2.05) is 0 Å². The molecule has 5 heteroatoms. The predicted molar refractivity (Wildman–Crippen MR) is 96.2 cm³/mol. The highest BCUT2D eigenvalue weighted by Gasteiger charge is 2.63. The first-order valence-electron chi connectivity index (χ1n) is 10.3. The second-order valence-electron chi connectivity index (χ2n) is 9.73. The molecule has 0 aromatic carbocycles. The van der Waals surface area contributed by atoms with Gasteiger partial charge in [-0.15, -0.1) is 0 Å². The Morgan fingerprint density at radius 1 is 1.12 bits per heavy atom. The SMILES string of the molecule is CO[C@@H]1CC2C[C@H](O)C3C(CC[C@@]4(C)C3CC[C@@H]4OC(C)=O)[C@@]2(C)CO1. The van der Waals surface area contributed by atoms with E-state index in [4.69, 9.17) is 14.2 Å². The maximum absolute atomic E-state index is 11.6. The molecule has 5 nitrogen and oxygen atoms in total. The summed E-state index contributed by atoms with van der Waals surface area (Å²) in [7, 11) is 1.70. The molecule has 0 spiro atoms. The molecule has 1 saturated heterocycles. The number of rotatable bonds is 2. The zero-order valence-electron chi connectivity index (χ0n) is 16.6. The van der Waals surface area contributed by atoms with E-state index in [1.54, 1.807) is 7.11 Å². The smallest absolute Gasteiger partial charge is 0.302 e. The van der Waals surface area contributed by atoms with Crippen molar-refractivity contribution in [2.24, 2.45) is 34.5 Å². The van der Waals surface area contributed by atoms with Crippen LogP contribution in [0, 0.1) is 34.5 Å². The van der Waals surface area contributed by atoms with Gasteiger partial charge in [0.2, 0.25) is 0 Å². The number of hydrogen-bond acceptors (Lipinski definition) is 5. The van der Waals surface area contributed by atoms with Gasteiger partial charge in [0.1, 0.15) is 6.10 Å². The first-order valence-corrected chi connectivity index (χ1v) is 10.3. The molecule has 1 N–H and O–H groups in total. The van der Waals surface area contributed by atoms with Crippen LogP contribution in [0.5, 0.6) is 0 Å². The Bertz CT molecular complexity index is 565. The average molecular weight is 366 g/mol. The van der Waals surface area contributed by atoms with Crippen molar-refractivity contribution in [1.82, 2.24) is 0 Å². The molecule has 1 aliphatic heterocycles. The van der Waals surface area contributed by atoms with Crippen LogP contribution in [0.1, 0.15) is 59.3 Å². The Labute approximate surface area is 156 Å². The number of fused-ring (bicyclic) bond motifs is 5. The number of aliphatic hydroxyl groups is 1. The third-order valence-electron chi connectivity index (χ3n) is 8.62.